The molecule has 5 nitrogen and oxygen atoms in total. The van der Waals surface area contributed by atoms with Crippen LogP contribution in [0.15, 0.2) is 24.3 Å². The van der Waals surface area contributed by atoms with Crippen LogP contribution in [0, 0.1) is 6.92 Å². The molecular formula is C19H29N3O2S. The molecule has 0 saturated carbocycles. The van der Waals surface area contributed by atoms with E-state index in [1.54, 1.807) is 16.7 Å². The predicted molar refractivity (Wildman–Crippen MR) is 104 cm³/mol. The van der Waals surface area contributed by atoms with Gasteiger partial charge in [0.15, 0.2) is 0 Å². The van der Waals surface area contributed by atoms with Crippen LogP contribution < -0.4 is 5.32 Å². The number of urea groups is 1. The molecule has 0 aromatic heterocycles. The van der Waals surface area contributed by atoms with Crippen LogP contribution in [-0.4, -0.2) is 52.7 Å². The quantitative estimate of drug-likeness (QED) is 0.843. The first kappa shape index (κ1) is 19.6. The molecule has 1 N–H and O–H groups in total. The highest BCUT2D eigenvalue weighted by atomic mass is 32.2. The molecule has 0 aliphatic carbocycles. The Morgan fingerprint density at radius 2 is 1.96 bits per heavy atom. The van der Waals surface area contributed by atoms with Crippen molar-refractivity contribution in [1.82, 2.24) is 15.1 Å². The van der Waals surface area contributed by atoms with E-state index < -0.39 is 0 Å². The number of nitrogens with one attached hydrogen (secondary N) is 1. The van der Waals surface area contributed by atoms with Crippen LogP contribution in [0.1, 0.15) is 44.2 Å². The number of rotatable bonds is 6. The van der Waals surface area contributed by atoms with Gasteiger partial charge in [0.1, 0.15) is 5.37 Å². The Morgan fingerprint density at radius 1 is 1.32 bits per heavy atom. The SMILES string of the molecule is CCNC(=O)N(CCN1C(=O)[C@H](C)S[C@@H]1c1ccc(C)cc1)C(C)C. The Balaban J connectivity index is 2.12. The van der Waals surface area contributed by atoms with Gasteiger partial charge in [0, 0.05) is 25.7 Å². The van der Waals surface area contributed by atoms with E-state index in [0.717, 1.165) is 5.56 Å². The van der Waals surface area contributed by atoms with E-state index in [0.29, 0.717) is 19.6 Å². The normalized spacial score (nSPS) is 20.2. The Bertz CT molecular complexity index is 603. The summed E-state index contributed by atoms with van der Waals surface area (Å²) >= 11 is 1.68. The molecule has 1 aliphatic heterocycles. The fourth-order valence-electron chi connectivity index (χ4n) is 2.95. The van der Waals surface area contributed by atoms with E-state index in [4.69, 9.17) is 0 Å². The van der Waals surface area contributed by atoms with E-state index in [1.807, 2.05) is 32.6 Å². The molecule has 0 unspecified atom stereocenters. The average molecular weight is 364 g/mol. The zero-order chi connectivity index (χ0) is 18.6. The molecule has 1 fully saturated rings. The molecule has 6 heteroatoms. The van der Waals surface area contributed by atoms with Gasteiger partial charge in [0.25, 0.3) is 0 Å². The van der Waals surface area contributed by atoms with Crippen LogP contribution in [0.3, 0.4) is 0 Å². The van der Waals surface area contributed by atoms with E-state index in [2.05, 4.69) is 36.5 Å². The van der Waals surface area contributed by atoms with Gasteiger partial charge < -0.3 is 15.1 Å². The summed E-state index contributed by atoms with van der Waals surface area (Å²) in [7, 11) is 0. The maximum atomic E-state index is 12.6. The maximum Gasteiger partial charge on any atom is 0.317 e. The van der Waals surface area contributed by atoms with E-state index in [9.17, 15) is 9.59 Å². The number of hydrogen-bond acceptors (Lipinski definition) is 3. The number of thioether (sulfide) groups is 1. The van der Waals surface area contributed by atoms with E-state index >= 15 is 0 Å². The largest absolute Gasteiger partial charge is 0.338 e. The first-order valence-electron chi connectivity index (χ1n) is 8.92. The van der Waals surface area contributed by atoms with Crippen molar-refractivity contribution in [2.75, 3.05) is 19.6 Å². The molecule has 0 radical (unpaired) electrons. The monoisotopic (exact) mass is 363 g/mol. The minimum Gasteiger partial charge on any atom is -0.338 e. The van der Waals surface area contributed by atoms with Crippen molar-refractivity contribution in [3.63, 3.8) is 0 Å². The van der Waals surface area contributed by atoms with Gasteiger partial charge in [0.05, 0.1) is 5.25 Å². The third-order valence-corrected chi connectivity index (χ3v) is 5.80. The lowest BCUT2D eigenvalue weighted by Crippen LogP contribution is -2.48. The highest BCUT2D eigenvalue weighted by Crippen LogP contribution is 2.42. The van der Waals surface area contributed by atoms with Crippen LogP contribution in [0.25, 0.3) is 0 Å². The lowest BCUT2D eigenvalue weighted by Gasteiger charge is -2.31. The summed E-state index contributed by atoms with van der Waals surface area (Å²) in [5.41, 5.74) is 2.35. The Hall–Kier alpha value is -1.69. The number of carbonyl (C=O) groups is 2. The Kier molecular flexibility index (Phi) is 6.76. The zero-order valence-corrected chi connectivity index (χ0v) is 16.6. The Labute approximate surface area is 155 Å². The summed E-state index contributed by atoms with van der Waals surface area (Å²) in [5.74, 6) is 0.148. The number of benzene rings is 1. The number of hydrogen-bond donors (Lipinski definition) is 1. The van der Waals surface area contributed by atoms with Gasteiger partial charge in [-0.1, -0.05) is 29.8 Å². The number of amides is 3. The second kappa shape index (κ2) is 8.61. The summed E-state index contributed by atoms with van der Waals surface area (Å²) < 4.78 is 0. The lowest BCUT2D eigenvalue weighted by molar-refractivity contribution is -0.130. The van der Waals surface area contributed by atoms with Gasteiger partial charge >= 0.3 is 6.03 Å². The molecule has 138 valence electrons. The van der Waals surface area contributed by atoms with Gasteiger partial charge in [-0.15, -0.1) is 11.8 Å². The van der Waals surface area contributed by atoms with Gasteiger partial charge in [-0.3, -0.25) is 4.79 Å². The first-order valence-corrected chi connectivity index (χ1v) is 9.86. The lowest BCUT2D eigenvalue weighted by atomic mass is 10.1. The second-order valence-corrected chi connectivity index (χ2v) is 8.12. The molecule has 1 aliphatic rings. The molecule has 1 saturated heterocycles. The van der Waals surface area contributed by atoms with Crippen LogP contribution in [0.4, 0.5) is 4.79 Å². The van der Waals surface area contributed by atoms with Crippen molar-refractivity contribution in [3.8, 4) is 0 Å². The van der Waals surface area contributed by atoms with Crippen molar-refractivity contribution in [2.24, 2.45) is 0 Å². The molecule has 25 heavy (non-hydrogen) atoms. The minimum absolute atomic E-state index is 0.0198. The predicted octanol–water partition coefficient (Wildman–Crippen LogP) is 3.40. The maximum absolute atomic E-state index is 12.6. The first-order chi connectivity index (χ1) is 11.8. The standard InChI is InChI=1S/C19H29N3O2S/c1-6-20-19(24)21(13(2)3)11-12-22-17(23)15(5)25-18(22)16-9-7-14(4)8-10-16/h7-10,13,15,18H,6,11-12H2,1-5H3,(H,20,24)/t15-,18+/m0/s1. The van der Waals surface area contributed by atoms with Crippen LogP contribution >= 0.6 is 11.8 Å². The summed E-state index contributed by atoms with van der Waals surface area (Å²) in [4.78, 5) is 28.6. The third kappa shape index (κ3) is 4.69. The topological polar surface area (TPSA) is 52.7 Å². The van der Waals surface area contributed by atoms with Crippen molar-refractivity contribution in [2.45, 2.75) is 51.3 Å². The highest BCUT2D eigenvalue weighted by Gasteiger charge is 2.38. The average Bonchev–Trinajstić information content (AvgIpc) is 2.84. The minimum atomic E-state index is -0.0725. The molecule has 0 spiro atoms. The number of aryl methyl sites for hydroxylation is 1. The molecule has 2 atom stereocenters. The fraction of sp³-hybridized carbons (Fsp3) is 0.579. The van der Waals surface area contributed by atoms with E-state index in [-0.39, 0.29) is 28.6 Å². The van der Waals surface area contributed by atoms with Gasteiger partial charge in [-0.25, -0.2) is 4.79 Å². The smallest absolute Gasteiger partial charge is 0.317 e. The van der Waals surface area contributed by atoms with Crippen LogP contribution in [0.2, 0.25) is 0 Å². The summed E-state index contributed by atoms with van der Waals surface area (Å²) in [6, 6.07) is 8.36. The third-order valence-electron chi connectivity index (χ3n) is 4.40. The highest BCUT2D eigenvalue weighted by molar-refractivity contribution is 8.01. The second-order valence-electron chi connectivity index (χ2n) is 6.70. The van der Waals surface area contributed by atoms with Crippen LogP contribution in [0.5, 0.6) is 0 Å². The molecule has 2 rings (SSSR count). The summed E-state index contributed by atoms with van der Waals surface area (Å²) in [5, 5.41) is 2.82. The summed E-state index contributed by atoms with van der Waals surface area (Å²) in [6.07, 6.45) is 0. The van der Waals surface area contributed by atoms with Gasteiger partial charge in [0.2, 0.25) is 5.91 Å². The van der Waals surface area contributed by atoms with E-state index in [1.165, 1.54) is 5.56 Å². The van der Waals surface area contributed by atoms with Crippen molar-refractivity contribution in [1.29, 1.82) is 0 Å². The molecular weight excluding hydrogens is 334 g/mol. The van der Waals surface area contributed by atoms with Crippen LogP contribution in [-0.2, 0) is 4.79 Å². The molecule has 0 bridgehead atoms. The molecule has 3 amide bonds. The number of carbonyl (C=O) groups excluding carboxylic acids is 2. The van der Waals surface area contributed by atoms with Crippen molar-refractivity contribution in [3.05, 3.63) is 35.4 Å². The van der Waals surface area contributed by atoms with Crippen molar-refractivity contribution < 1.29 is 9.59 Å². The molecule has 1 heterocycles. The Morgan fingerprint density at radius 3 is 2.52 bits per heavy atom. The molecule has 1 aromatic carbocycles. The number of nitrogens with zero attached hydrogens (tertiary/aromatic N) is 2. The van der Waals surface area contributed by atoms with Gasteiger partial charge in [-0.05, 0) is 40.2 Å². The zero-order valence-electron chi connectivity index (χ0n) is 15.8. The molecule has 1 aromatic rings. The van der Waals surface area contributed by atoms with Gasteiger partial charge in [-0.2, -0.15) is 0 Å². The van der Waals surface area contributed by atoms with Crippen molar-refractivity contribution >= 4 is 23.7 Å². The summed E-state index contributed by atoms with van der Waals surface area (Å²) in [6.45, 7) is 11.6. The fourth-order valence-corrected chi connectivity index (χ4v) is 4.26.